The van der Waals surface area contributed by atoms with Gasteiger partial charge in [-0.3, -0.25) is 9.59 Å². The Kier molecular flexibility index (Phi) is 3.11. The monoisotopic (exact) mass is 181 g/mol. The molecule has 0 radical (unpaired) electrons. The van der Waals surface area contributed by atoms with Gasteiger partial charge in [0.25, 0.3) is 0 Å². The predicted octanol–water partition coefficient (Wildman–Crippen LogP) is -0.799. The second-order valence-corrected chi connectivity index (χ2v) is 2.78. The maximum atomic E-state index is 10.9. The van der Waals surface area contributed by atoms with Gasteiger partial charge in [0, 0.05) is 6.54 Å². The number of carbonyl (C=O) groups is 2. The van der Waals surface area contributed by atoms with E-state index in [2.05, 4.69) is 5.32 Å². The summed E-state index contributed by atoms with van der Waals surface area (Å²) in [7, 11) is 1.70. The maximum absolute atomic E-state index is 10.9. The minimum atomic E-state index is -0.738. The summed E-state index contributed by atoms with van der Waals surface area (Å²) in [6.07, 6.45) is 3.07. The van der Waals surface area contributed by atoms with Crippen LogP contribution in [0.3, 0.4) is 0 Å². The zero-order valence-corrected chi connectivity index (χ0v) is 7.28. The summed E-state index contributed by atoms with van der Waals surface area (Å²) < 4.78 is 0. The molecule has 0 fully saturated rings. The number of aliphatic hydroxyl groups excluding tert-OH is 1. The minimum absolute atomic E-state index is 0.359. The number of likely N-dealkylation sites (N-methyl/N-ethyl adjacent to an activating group) is 1. The molecule has 0 unspecified atom stereocenters. The fourth-order valence-electron chi connectivity index (χ4n) is 1.04. The fraction of sp³-hybridized carbons (Fsp3) is 0.333. The van der Waals surface area contributed by atoms with Crippen LogP contribution in [0.4, 0.5) is 0 Å². The molecular weight excluding hydrogens is 170 g/mol. The highest BCUT2D eigenvalue weighted by Crippen LogP contribution is 2.08. The number of carbonyl (C=O) groups excluding carboxylic acids is 2. The molecule has 4 nitrogen and oxygen atoms in total. The van der Waals surface area contributed by atoms with E-state index in [9.17, 15) is 14.7 Å². The van der Waals surface area contributed by atoms with E-state index in [1.165, 1.54) is 18.2 Å². The van der Waals surface area contributed by atoms with Gasteiger partial charge >= 0.3 is 0 Å². The summed E-state index contributed by atoms with van der Waals surface area (Å²) in [5.74, 6) is -1.12. The van der Waals surface area contributed by atoms with Gasteiger partial charge in [-0.15, -0.1) is 0 Å². The van der Waals surface area contributed by atoms with Gasteiger partial charge in [0.15, 0.2) is 0 Å². The molecule has 0 aromatic carbocycles. The normalized spacial score (nSPS) is 18.8. The Hall–Kier alpha value is -1.26. The summed E-state index contributed by atoms with van der Waals surface area (Å²) in [6, 6.07) is 0. The zero-order chi connectivity index (χ0) is 9.84. The van der Waals surface area contributed by atoms with Crippen molar-refractivity contribution in [3.05, 3.63) is 23.8 Å². The number of nitrogens with one attached hydrogen (secondary N) is 1. The summed E-state index contributed by atoms with van der Waals surface area (Å²) in [5, 5.41) is 12.2. The van der Waals surface area contributed by atoms with Crippen molar-refractivity contribution >= 4 is 11.6 Å². The largest absolute Gasteiger partial charge is 0.387 e. The molecule has 0 saturated carbocycles. The van der Waals surface area contributed by atoms with Crippen molar-refractivity contribution in [1.82, 2.24) is 5.32 Å². The van der Waals surface area contributed by atoms with Crippen molar-refractivity contribution < 1.29 is 14.7 Å². The molecule has 1 aliphatic carbocycles. The Morgan fingerprint density at radius 2 is 2.08 bits per heavy atom. The van der Waals surface area contributed by atoms with Gasteiger partial charge in [-0.25, -0.2) is 0 Å². The van der Waals surface area contributed by atoms with E-state index in [1.54, 1.807) is 7.05 Å². The van der Waals surface area contributed by atoms with Crippen molar-refractivity contribution in [1.29, 1.82) is 0 Å². The Balaban J connectivity index is 2.72. The third-order valence-corrected chi connectivity index (χ3v) is 1.75. The van der Waals surface area contributed by atoms with Gasteiger partial charge in [0.1, 0.15) is 0 Å². The Labute approximate surface area is 75.9 Å². The van der Waals surface area contributed by atoms with E-state index in [0.717, 1.165) is 0 Å². The maximum Gasteiger partial charge on any atom is 0.226 e. The van der Waals surface area contributed by atoms with E-state index in [4.69, 9.17) is 0 Å². The van der Waals surface area contributed by atoms with Crippen molar-refractivity contribution in [3.63, 3.8) is 0 Å². The van der Waals surface area contributed by atoms with E-state index < -0.39 is 17.7 Å². The van der Waals surface area contributed by atoms with Crippen LogP contribution in [0.1, 0.15) is 0 Å². The van der Waals surface area contributed by atoms with Crippen LogP contribution in [0, 0.1) is 0 Å². The molecule has 0 heterocycles. The molecule has 1 atom stereocenters. The quantitative estimate of drug-likeness (QED) is 0.442. The standard InChI is InChI=1S/C9H11NO3/c1-10-5-9(13)6-2-3-7(11)8(12)4-6/h2-4,9-10,13H,5H2,1H3/t9-/m1/s1. The minimum Gasteiger partial charge on any atom is -0.387 e. The second kappa shape index (κ2) is 4.11. The van der Waals surface area contributed by atoms with Gasteiger partial charge in [-0.05, 0) is 24.8 Å². The van der Waals surface area contributed by atoms with Gasteiger partial charge in [-0.1, -0.05) is 6.08 Å². The Morgan fingerprint density at radius 1 is 1.38 bits per heavy atom. The number of allylic oxidation sites excluding steroid dienone is 2. The lowest BCUT2D eigenvalue weighted by Gasteiger charge is -2.12. The van der Waals surface area contributed by atoms with Crippen LogP contribution in [-0.4, -0.2) is 36.4 Å². The van der Waals surface area contributed by atoms with E-state index in [1.807, 2.05) is 0 Å². The molecule has 1 aliphatic rings. The third kappa shape index (κ3) is 2.34. The number of ketones is 2. The molecule has 0 aromatic heterocycles. The van der Waals surface area contributed by atoms with Crippen LogP contribution >= 0.6 is 0 Å². The predicted molar refractivity (Wildman–Crippen MR) is 47.2 cm³/mol. The molecule has 0 saturated heterocycles. The molecule has 4 heteroatoms. The first-order chi connectivity index (χ1) is 6.15. The highest BCUT2D eigenvalue weighted by Gasteiger charge is 2.17. The number of rotatable bonds is 3. The molecule has 70 valence electrons. The highest BCUT2D eigenvalue weighted by atomic mass is 16.3. The SMILES string of the molecule is CNC[C@@H](O)C1=CC(=O)C(=O)C=C1. The van der Waals surface area contributed by atoms with Gasteiger partial charge in [-0.2, -0.15) is 0 Å². The highest BCUT2D eigenvalue weighted by molar-refractivity contribution is 6.46. The molecule has 13 heavy (non-hydrogen) atoms. The molecule has 2 N–H and O–H groups in total. The number of aliphatic hydroxyl groups is 1. The molecule has 0 bridgehead atoms. The average molecular weight is 181 g/mol. The van der Waals surface area contributed by atoms with Crippen LogP contribution in [0.25, 0.3) is 0 Å². The number of hydrogen-bond donors (Lipinski definition) is 2. The van der Waals surface area contributed by atoms with Crippen LogP contribution in [0.2, 0.25) is 0 Å². The van der Waals surface area contributed by atoms with Crippen molar-refractivity contribution in [2.45, 2.75) is 6.10 Å². The molecule has 0 spiro atoms. The summed E-state index contributed by atoms with van der Waals surface area (Å²) in [4.78, 5) is 21.6. The van der Waals surface area contributed by atoms with Crippen LogP contribution in [0.5, 0.6) is 0 Å². The molecule has 0 amide bonds. The zero-order valence-electron chi connectivity index (χ0n) is 7.28. The van der Waals surface area contributed by atoms with Crippen LogP contribution in [0.15, 0.2) is 23.8 Å². The van der Waals surface area contributed by atoms with Crippen molar-refractivity contribution in [3.8, 4) is 0 Å². The van der Waals surface area contributed by atoms with Crippen LogP contribution in [-0.2, 0) is 9.59 Å². The van der Waals surface area contributed by atoms with Gasteiger partial charge < -0.3 is 10.4 Å². The Bertz CT molecular complexity index is 291. The lowest BCUT2D eigenvalue weighted by atomic mass is 10.0. The molecule has 1 rings (SSSR count). The van der Waals surface area contributed by atoms with E-state index >= 15 is 0 Å². The first-order valence-corrected chi connectivity index (χ1v) is 3.95. The molecule has 0 aliphatic heterocycles. The average Bonchev–Trinajstić information content (AvgIpc) is 2.10. The lowest BCUT2D eigenvalue weighted by Crippen LogP contribution is -2.27. The van der Waals surface area contributed by atoms with Gasteiger partial charge in [0.05, 0.1) is 6.10 Å². The Morgan fingerprint density at radius 3 is 2.62 bits per heavy atom. The van der Waals surface area contributed by atoms with E-state index in [-0.39, 0.29) is 0 Å². The summed E-state index contributed by atoms with van der Waals surface area (Å²) >= 11 is 0. The molecular formula is C9H11NO3. The summed E-state index contributed by atoms with van der Waals surface area (Å²) in [6.45, 7) is 0.359. The first-order valence-electron chi connectivity index (χ1n) is 3.95. The first kappa shape index (κ1) is 9.83. The third-order valence-electron chi connectivity index (χ3n) is 1.75. The van der Waals surface area contributed by atoms with E-state index in [0.29, 0.717) is 12.1 Å². The topological polar surface area (TPSA) is 66.4 Å². The van der Waals surface area contributed by atoms with Crippen molar-refractivity contribution in [2.75, 3.05) is 13.6 Å². The van der Waals surface area contributed by atoms with Crippen LogP contribution < -0.4 is 5.32 Å². The lowest BCUT2D eigenvalue weighted by molar-refractivity contribution is -0.131. The van der Waals surface area contributed by atoms with Gasteiger partial charge in [0.2, 0.25) is 11.6 Å². The number of hydrogen-bond acceptors (Lipinski definition) is 4. The van der Waals surface area contributed by atoms with Crippen molar-refractivity contribution in [2.24, 2.45) is 0 Å². The second-order valence-electron chi connectivity index (χ2n) is 2.78. The molecule has 0 aromatic rings. The fourth-order valence-corrected chi connectivity index (χ4v) is 1.04. The summed E-state index contributed by atoms with van der Waals surface area (Å²) in [5.41, 5.74) is 0.471. The smallest absolute Gasteiger partial charge is 0.226 e.